The summed E-state index contributed by atoms with van der Waals surface area (Å²) in [5, 5.41) is 3.61. The van der Waals surface area contributed by atoms with Gasteiger partial charge in [-0.2, -0.15) is 0 Å². The van der Waals surface area contributed by atoms with E-state index < -0.39 is 12.0 Å². The topological polar surface area (TPSA) is 68.3 Å². The van der Waals surface area contributed by atoms with Crippen LogP contribution in [0, 0.1) is 0 Å². The first-order valence-electron chi connectivity index (χ1n) is 8.21. The largest absolute Gasteiger partial charge is 0.469 e. The van der Waals surface area contributed by atoms with Crippen molar-refractivity contribution in [3.05, 3.63) is 69.7 Å². The molecule has 0 fully saturated rings. The van der Waals surface area contributed by atoms with E-state index in [-0.39, 0.29) is 12.3 Å². The number of nitrogens with one attached hydrogen (secondary N) is 1. The fourth-order valence-electron chi connectivity index (χ4n) is 2.55. The van der Waals surface area contributed by atoms with Crippen molar-refractivity contribution >= 4 is 55.4 Å². The molecular formula is C20H17BrN2O3S. The number of aromatic nitrogens is 1. The Balaban J connectivity index is 1.74. The molecule has 3 rings (SSSR count). The zero-order chi connectivity index (χ0) is 19.2. The summed E-state index contributed by atoms with van der Waals surface area (Å²) in [6, 6.07) is 14.8. The van der Waals surface area contributed by atoms with Gasteiger partial charge in [0, 0.05) is 10.5 Å². The van der Waals surface area contributed by atoms with Gasteiger partial charge in [0.05, 0.1) is 29.8 Å². The van der Waals surface area contributed by atoms with Gasteiger partial charge in [-0.3, -0.25) is 9.59 Å². The number of ether oxygens (including phenoxy) is 1. The molecule has 1 amide bonds. The molecule has 27 heavy (non-hydrogen) atoms. The predicted molar refractivity (Wildman–Crippen MR) is 110 cm³/mol. The Kier molecular flexibility index (Phi) is 6.36. The van der Waals surface area contributed by atoms with Crippen molar-refractivity contribution in [2.24, 2.45) is 0 Å². The third-order valence-corrected chi connectivity index (χ3v) is 5.35. The maximum Gasteiger partial charge on any atom is 0.307 e. The van der Waals surface area contributed by atoms with E-state index in [1.165, 1.54) is 24.5 Å². The number of hydrogen-bond acceptors (Lipinski definition) is 5. The van der Waals surface area contributed by atoms with Crippen molar-refractivity contribution in [1.82, 2.24) is 10.3 Å². The molecule has 5 nitrogen and oxygen atoms in total. The smallest absolute Gasteiger partial charge is 0.307 e. The van der Waals surface area contributed by atoms with E-state index in [0.29, 0.717) is 0 Å². The van der Waals surface area contributed by atoms with Crippen LogP contribution >= 0.6 is 27.3 Å². The summed E-state index contributed by atoms with van der Waals surface area (Å²) in [4.78, 5) is 28.6. The fourth-order valence-corrected chi connectivity index (χ4v) is 3.84. The van der Waals surface area contributed by atoms with Gasteiger partial charge in [0.25, 0.3) is 0 Å². The summed E-state index contributed by atoms with van der Waals surface area (Å²) >= 11 is 4.92. The second-order valence-corrected chi connectivity index (χ2v) is 7.73. The van der Waals surface area contributed by atoms with Crippen LogP contribution in [0.25, 0.3) is 16.3 Å². The summed E-state index contributed by atoms with van der Waals surface area (Å²) in [7, 11) is 1.33. The van der Waals surface area contributed by atoms with Crippen LogP contribution in [-0.2, 0) is 14.3 Å². The summed E-state index contributed by atoms with van der Waals surface area (Å²) < 4.78 is 6.68. The first-order valence-corrected chi connectivity index (χ1v) is 9.82. The number of esters is 1. The van der Waals surface area contributed by atoms with Crippen LogP contribution in [0.1, 0.15) is 23.0 Å². The highest BCUT2D eigenvalue weighted by molar-refractivity contribution is 9.10. The predicted octanol–water partition coefficient (Wildman–Crippen LogP) is 4.49. The molecule has 1 atom stereocenters. The lowest BCUT2D eigenvalue weighted by atomic mass is 10.0. The van der Waals surface area contributed by atoms with E-state index in [1.54, 1.807) is 6.08 Å². The second kappa shape index (κ2) is 8.92. The number of halogens is 1. The number of carbonyl (C=O) groups excluding carboxylic acids is 2. The lowest BCUT2D eigenvalue weighted by molar-refractivity contribution is -0.141. The highest BCUT2D eigenvalue weighted by Gasteiger charge is 2.18. The monoisotopic (exact) mass is 444 g/mol. The molecule has 0 spiro atoms. The van der Waals surface area contributed by atoms with Gasteiger partial charge >= 0.3 is 5.97 Å². The Labute approximate surface area is 169 Å². The van der Waals surface area contributed by atoms with E-state index in [2.05, 4.69) is 26.2 Å². The van der Waals surface area contributed by atoms with E-state index in [4.69, 9.17) is 4.74 Å². The van der Waals surface area contributed by atoms with Crippen molar-refractivity contribution in [1.29, 1.82) is 0 Å². The SMILES string of the molecule is COC(=O)CC(NC(=O)/C=C/c1nc2ccccc2s1)c1cccc(Br)c1. The van der Waals surface area contributed by atoms with Crippen molar-refractivity contribution in [2.75, 3.05) is 7.11 Å². The van der Waals surface area contributed by atoms with E-state index in [9.17, 15) is 9.59 Å². The van der Waals surface area contributed by atoms with Gasteiger partial charge in [-0.05, 0) is 35.9 Å². The first kappa shape index (κ1) is 19.3. The van der Waals surface area contributed by atoms with Crippen LogP contribution in [0.4, 0.5) is 0 Å². The quantitative estimate of drug-likeness (QED) is 0.449. The maximum atomic E-state index is 12.4. The Morgan fingerprint density at radius 3 is 2.81 bits per heavy atom. The highest BCUT2D eigenvalue weighted by atomic mass is 79.9. The van der Waals surface area contributed by atoms with Gasteiger partial charge in [-0.1, -0.05) is 40.2 Å². The van der Waals surface area contributed by atoms with Crippen molar-refractivity contribution in [3.63, 3.8) is 0 Å². The van der Waals surface area contributed by atoms with Gasteiger partial charge in [0.1, 0.15) is 5.01 Å². The molecule has 0 saturated carbocycles. The summed E-state index contributed by atoms with van der Waals surface area (Å²) in [5.74, 6) is -0.696. The van der Waals surface area contributed by atoms with Gasteiger partial charge in [0.15, 0.2) is 0 Å². The summed E-state index contributed by atoms with van der Waals surface area (Å²) in [6.07, 6.45) is 3.16. The van der Waals surface area contributed by atoms with Gasteiger partial charge in [0.2, 0.25) is 5.91 Å². The number of nitrogens with zero attached hydrogens (tertiary/aromatic N) is 1. The Morgan fingerprint density at radius 1 is 1.26 bits per heavy atom. The van der Waals surface area contributed by atoms with Gasteiger partial charge in [-0.25, -0.2) is 4.98 Å². The van der Waals surface area contributed by atoms with Crippen LogP contribution in [-0.4, -0.2) is 24.0 Å². The minimum atomic E-state index is -0.484. The lowest BCUT2D eigenvalue weighted by Gasteiger charge is -2.17. The Bertz CT molecular complexity index is 967. The fraction of sp³-hybridized carbons (Fsp3) is 0.150. The molecule has 3 aromatic rings. The van der Waals surface area contributed by atoms with E-state index in [0.717, 1.165) is 25.3 Å². The first-order chi connectivity index (χ1) is 13.0. The zero-order valence-electron chi connectivity index (χ0n) is 14.5. The number of benzene rings is 2. The number of carbonyl (C=O) groups is 2. The molecule has 2 aromatic carbocycles. The molecule has 1 N–H and O–H groups in total. The molecular weight excluding hydrogens is 428 g/mol. The van der Waals surface area contributed by atoms with Crippen LogP contribution in [0.15, 0.2) is 59.1 Å². The molecule has 0 bridgehead atoms. The van der Waals surface area contributed by atoms with Crippen LogP contribution in [0.2, 0.25) is 0 Å². The molecule has 0 aliphatic carbocycles. The number of fused-ring (bicyclic) bond motifs is 1. The zero-order valence-corrected chi connectivity index (χ0v) is 16.9. The average Bonchev–Trinajstić information content (AvgIpc) is 3.08. The van der Waals surface area contributed by atoms with E-state index in [1.807, 2.05) is 48.5 Å². The normalized spacial score (nSPS) is 12.2. The third kappa shape index (κ3) is 5.24. The van der Waals surface area contributed by atoms with Crippen molar-refractivity contribution in [3.8, 4) is 0 Å². The highest BCUT2D eigenvalue weighted by Crippen LogP contribution is 2.23. The number of para-hydroxylation sites is 1. The molecule has 1 aromatic heterocycles. The standard InChI is InChI=1S/C20H17BrN2O3S/c1-26-20(25)12-16(13-5-4-6-14(21)11-13)22-18(24)9-10-19-23-15-7-2-3-8-17(15)27-19/h2-11,16H,12H2,1H3,(H,22,24)/b10-9+. The third-order valence-electron chi connectivity index (χ3n) is 3.85. The average molecular weight is 445 g/mol. The Hall–Kier alpha value is -2.51. The maximum absolute atomic E-state index is 12.4. The summed E-state index contributed by atoms with van der Waals surface area (Å²) in [5.41, 5.74) is 1.72. The number of hydrogen-bond donors (Lipinski definition) is 1. The number of methoxy groups -OCH3 is 1. The second-order valence-electron chi connectivity index (χ2n) is 5.75. The van der Waals surface area contributed by atoms with Crippen molar-refractivity contribution in [2.45, 2.75) is 12.5 Å². The molecule has 1 heterocycles. The van der Waals surface area contributed by atoms with Gasteiger partial charge < -0.3 is 10.1 Å². The molecule has 0 aliphatic rings. The lowest BCUT2D eigenvalue weighted by Crippen LogP contribution is -2.29. The van der Waals surface area contributed by atoms with Crippen LogP contribution in [0.3, 0.4) is 0 Å². The van der Waals surface area contributed by atoms with Crippen molar-refractivity contribution < 1.29 is 14.3 Å². The number of amides is 1. The minimum Gasteiger partial charge on any atom is -0.469 e. The minimum absolute atomic E-state index is 0.0493. The molecule has 138 valence electrons. The number of rotatable bonds is 6. The van der Waals surface area contributed by atoms with Crippen LogP contribution < -0.4 is 5.32 Å². The number of thiazole rings is 1. The molecule has 0 saturated heterocycles. The molecule has 7 heteroatoms. The Morgan fingerprint density at radius 2 is 2.07 bits per heavy atom. The molecule has 0 radical (unpaired) electrons. The van der Waals surface area contributed by atoms with Gasteiger partial charge in [-0.15, -0.1) is 11.3 Å². The summed E-state index contributed by atoms with van der Waals surface area (Å²) in [6.45, 7) is 0. The molecule has 1 unspecified atom stereocenters. The molecule has 0 aliphatic heterocycles. The van der Waals surface area contributed by atoms with E-state index >= 15 is 0 Å². The van der Waals surface area contributed by atoms with Crippen LogP contribution in [0.5, 0.6) is 0 Å².